The van der Waals surface area contributed by atoms with Crippen LogP contribution in [0.3, 0.4) is 0 Å². The van der Waals surface area contributed by atoms with Crippen LogP contribution in [0.5, 0.6) is 0 Å². The van der Waals surface area contributed by atoms with E-state index >= 15 is 0 Å². The van der Waals surface area contributed by atoms with Crippen LogP contribution in [0, 0.1) is 13.8 Å². The summed E-state index contributed by atoms with van der Waals surface area (Å²) < 4.78 is 0. The van der Waals surface area contributed by atoms with E-state index in [1.165, 1.54) is 0 Å². The molecule has 1 aromatic carbocycles. The molecule has 5 nitrogen and oxygen atoms in total. The van der Waals surface area contributed by atoms with Crippen LogP contribution in [-0.2, 0) is 4.79 Å². The van der Waals surface area contributed by atoms with Crippen molar-refractivity contribution in [3.8, 4) is 0 Å². The molecule has 2 aromatic rings. The van der Waals surface area contributed by atoms with Crippen LogP contribution in [-0.4, -0.2) is 21.2 Å². The zero-order valence-corrected chi connectivity index (χ0v) is 12.0. The molecule has 0 saturated heterocycles. The van der Waals surface area contributed by atoms with Gasteiger partial charge >= 0.3 is 0 Å². The summed E-state index contributed by atoms with van der Waals surface area (Å²) >= 11 is 5.78. The minimum atomic E-state index is -0.861. The maximum atomic E-state index is 11.9. The van der Waals surface area contributed by atoms with E-state index < -0.39 is 6.10 Å². The zero-order valence-electron chi connectivity index (χ0n) is 11.3. The van der Waals surface area contributed by atoms with Gasteiger partial charge in [0, 0.05) is 5.02 Å². The van der Waals surface area contributed by atoms with Crippen molar-refractivity contribution >= 4 is 23.2 Å². The number of benzene rings is 1. The lowest BCUT2D eigenvalue weighted by Crippen LogP contribution is -2.16. The maximum absolute atomic E-state index is 11.9. The summed E-state index contributed by atoms with van der Waals surface area (Å²) in [5.74, 6) is -0.264. The first-order valence-electron chi connectivity index (χ1n) is 6.22. The van der Waals surface area contributed by atoms with Crippen molar-refractivity contribution in [3.63, 3.8) is 0 Å². The first-order chi connectivity index (χ1) is 9.47. The summed E-state index contributed by atoms with van der Waals surface area (Å²) in [4.78, 5) is 11.9. The highest BCUT2D eigenvalue weighted by atomic mass is 35.5. The van der Waals surface area contributed by atoms with E-state index in [1.54, 1.807) is 31.2 Å². The molecule has 1 unspecified atom stereocenters. The largest absolute Gasteiger partial charge is 0.388 e. The number of hydrogen-bond donors (Lipinski definition) is 3. The van der Waals surface area contributed by atoms with Crippen molar-refractivity contribution in [3.05, 3.63) is 46.2 Å². The molecule has 0 aliphatic heterocycles. The van der Waals surface area contributed by atoms with Gasteiger partial charge in [0.25, 0.3) is 0 Å². The number of H-pyrrole nitrogens is 1. The molecule has 0 bridgehead atoms. The molecule has 0 aliphatic carbocycles. The van der Waals surface area contributed by atoms with Gasteiger partial charge in [0.05, 0.1) is 29.6 Å². The van der Waals surface area contributed by atoms with Crippen LogP contribution in [0.1, 0.15) is 29.5 Å². The molecular weight excluding hydrogens is 278 g/mol. The van der Waals surface area contributed by atoms with Crippen LogP contribution in [0.15, 0.2) is 24.3 Å². The summed E-state index contributed by atoms with van der Waals surface area (Å²) in [5.41, 5.74) is 2.83. The van der Waals surface area contributed by atoms with E-state index in [-0.39, 0.29) is 12.3 Å². The van der Waals surface area contributed by atoms with E-state index in [0.29, 0.717) is 16.3 Å². The Morgan fingerprint density at radius 2 is 2.05 bits per heavy atom. The van der Waals surface area contributed by atoms with Crippen molar-refractivity contribution in [1.29, 1.82) is 0 Å². The average Bonchev–Trinajstić information content (AvgIpc) is 2.71. The Balaban J connectivity index is 1.99. The number of aromatic nitrogens is 2. The third-order valence-corrected chi connectivity index (χ3v) is 3.28. The van der Waals surface area contributed by atoms with Gasteiger partial charge < -0.3 is 10.4 Å². The highest BCUT2D eigenvalue weighted by molar-refractivity contribution is 6.30. The lowest BCUT2D eigenvalue weighted by Gasteiger charge is -2.11. The Labute approximate surface area is 122 Å². The number of nitrogens with one attached hydrogen (secondary N) is 2. The van der Waals surface area contributed by atoms with Gasteiger partial charge in [0.15, 0.2) is 0 Å². The Morgan fingerprint density at radius 1 is 1.40 bits per heavy atom. The second-order valence-corrected chi connectivity index (χ2v) is 5.07. The van der Waals surface area contributed by atoms with E-state index in [2.05, 4.69) is 15.5 Å². The van der Waals surface area contributed by atoms with Gasteiger partial charge in [0.1, 0.15) is 0 Å². The number of hydrogen-bond acceptors (Lipinski definition) is 3. The lowest BCUT2D eigenvalue weighted by molar-refractivity contribution is -0.118. The number of carbonyl (C=O) groups excluding carboxylic acids is 1. The normalized spacial score (nSPS) is 12.2. The molecule has 0 spiro atoms. The van der Waals surface area contributed by atoms with Crippen LogP contribution < -0.4 is 5.32 Å². The fourth-order valence-corrected chi connectivity index (χ4v) is 2.03. The van der Waals surface area contributed by atoms with E-state index in [1.807, 2.05) is 6.92 Å². The number of halogens is 1. The third kappa shape index (κ3) is 3.37. The van der Waals surface area contributed by atoms with Gasteiger partial charge in [-0.3, -0.25) is 9.89 Å². The Morgan fingerprint density at radius 3 is 2.60 bits per heavy atom. The van der Waals surface area contributed by atoms with Gasteiger partial charge in [-0.05, 0) is 31.5 Å². The zero-order chi connectivity index (χ0) is 14.7. The molecule has 1 heterocycles. The first-order valence-corrected chi connectivity index (χ1v) is 6.60. The molecule has 1 atom stereocenters. The molecule has 3 N–H and O–H groups in total. The maximum Gasteiger partial charge on any atom is 0.227 e. The monoisotopic (exact) mass is 293 g/mol. The quantitative estimate of drug-likeness (QED) is 0.811. The molecule has 0 radical (unpaired) electrons. The summed E-state index contributed by atoms with van der Waals surface area (Å²) in [6, 6.07) is 6.77. The van der Waals surface area contributed by atoms with Crippen LogP contribution >= 0.6 is 11.6 Å². The fourth-order valence-electron chi connectivity index (χ4n) is 1.90. The number of anilines is 1. The fraction of sp³-hybridized carbons (Fsp3) is 0.286. The van der Waals surface area contributed by atoms with E-state index in [4.69, 9.17) is 11.6 Å². The van der Waals surface area contributed by atoms with Crippen molar-refractivity contribution in [2.24, 2.45) is 0 Å². The van der Waals surface area contributed by atoms with Gasteiger partial charge in [-0.15, -0.1) is 0 Å². The highest BCUT2D eigenvalue weighted by Crippen LogP contribution is 2.21. The smallest absolute Gasteiger partial charge is 0.227 e. The summed E-state index contributed by atoms with van der Waals surface area (Å²) in [7, 11) is 0. The number of aromatic amines is 1. The predicted molar refractivity (Wildman–Crippen MR) is 77.7 cm³/mol. The number of carbonyl (C=O) groups is 1. The standard InChI is InChI=1S/C14H16ClN3O2/c1-8-14(9(2)18-17-8)16-13(20)7-12(19)10-3-5-11(15)6-4-10/h3-6,12,19H,7H2,1-2H3,(H,16,20)(H,17,18). The Bertz CT molecular complexity index is 588. The Hall–Kier alpha value is -1.85. The first kappa shape index (κ1) is 14.6. The molecule has 2 rings (SSSR count). The van der Waals surface area contributed by atoms with Gasteiger partial charge in [-0.25, -0.2) is 0 Å². The number of nitrogens with zero attached hydrogens (tertiary/aromatic N) is 1. The molecule has 1 aromatic heterocycles. The van der Waals surface area contributed by atoms with Crippen molar-refractivity contribution < 1.29 is 9.90 Å². The van der Waals surface area contributed by atoms with Crippen LogP contribution in [0.4, 0.5) is 5.69 Å². The second kappa shape index (κ2) is 6.07. The highest BCUT2D eigenvalue weighted by Gasteiger charge is 2.15. The molecule has 106 valence electrons. The number of aliphatic hydroxyl groups excluding tert-OH is 1. The number of rotatable bonds is 4. The number of aliphatic hydroxyl groups is 1. The Kier molecular flexibility index (Phi) is 4.42. The molecule has 20 heavy (non-hydrogen) atoms. The van der Waals surface area contributed by atoms with E-state index in [0.717, 1.165) is 11.4 Å². The van der Waals surface area contributed by atoms with Crippen LogP contribution in [0.2, 0.25) is 5.02 Å². The van der Waals surface area contributed by atoms with Crippen molar-refractivity contribution in [2.45, 2.75) is 26.4 Å². The van der Waals surface area contributed by atoms with Gasteiger partial charge in [0.2, 0.25) is 5.91 Å². The predicted octanol–water partition coefficient (Wildman–Crippen LogP) is 2.74. The third-order valence-electron chi connectivity index (χ3n) is 3.03. The second-order valence-electron chi connectivity index (χ2n) is 4.63. The average molecular weight is 294 g/mol. The molecular formula is C14H16ClN3O2. The topological polar surface area (TPSA) is 78.0 Å². The van der Waals surface area contributed by atoms with Crippen LogP contribution in [0.25, 0.3) is 0 Å². The SMILES string of the molecule is Cc1n[nH]c(C)c1NC(=O)CC(O)c1ccc(Cl)cc1. The van der Waals surface area contributed by atoms with E-state index in [9.17, 15) is 9.90 Å². The number of aryl methyl sites for hydroxylation is 2. The number of amides is 1. The summed E-state index contributed by atoms with van der Waals surface area (Å²) in [5, 5.41) is 20.2. The summed E-state index contributed by atoms with van der Waals surface area (Å²) in [6.07, 6.45) is -0.883. The minimum absolute atomic E-state index is 0.0221. The van der Waals surface area contributed by atoms with Crippen molar-refractivity contribution in [1.82, 2.24) is 10.2 Å². The van der Waals surface area contributed by atoms with Gasteiger partial charge in [-0.2, -0.15) is 5.10 Å². The molecule has 0 fully saturated rings. The molecule has 0 saturated carbocycles. The molecule has 6 heteroatoms. The van der Waals surface area contributed by atoms with Gasteiger partial charge in [-0.1, -0.05) is 23.7 Å². The molecule has 0 aliphatic rings. The lowest BCUT2D eigenvalue weighted by atomic mass is 10.1. The minimum Gasteiger partial charge on any atom is -0.388 e. The van der Waals surface area contributed by atoms with Crippen molar-refractivity contribution in [2.75, 3.05) is 5.32 Å². The summed E-state index contributed by atoms with van der Waals surface area (Å²) in [6.45, 7) is 3.62. The molecule has 1 amide bonds.